The molecule has 6 heteroatoms. The molecule has 3 N–H and O–H groups in total. The van der Waals surface area contributed by atoms with E-state index in [9.17, 15) is 0 Å². The molecule has 1 aliphatic rings. The van der Waals surface area contributed by atoms with E-state index < -0.39 is 0 Å². The molecule has 0 saturated carbocycles. The highest BCUT2D eigenvalue weighted by Crippen LogP contribution is 2.37. The maximum atomic E-state index is 5.48. The fraction of sp³-hybridized carbons (Fsp3) is 0.538. The van der Waals surface area contributed by atoms with E-state index in [1.807, 2.05) is 0 Å². The Morgan fingerprint density at radius 1 is 1.42 bits per heavy atom. The number of aromatic nitrogens is 2. The molecule has 1 aliphatic heterocycles. The Kier molecular flexibility index (Phi) is 2.87. The Bertz CT molecular complexity index is 619. The second-order valence-corrected chi connectivity index (χ2v) is 7.16. The third-order valence-electron chi connectivity index (χ3n) is 3.60. The van der Waals surface area contributed by atoms with Crippen molar-refractivity contribution in [2.24, 2.45) is 11.3 Å². The lowest BCUT2D eigenvalue weighted by Crippen LogP contribution is -2.24. The molecule has 0 amide bonds. The van der Waals surface area contributed by atoms with E-state index in [2.05, 4.69) is 47.1 Å². The summed E-state index contributed by atoms with van der Waals surface area (Å²) in [4.78, 5) is 13.6. The minimum Gasteiger partial charge on any atom is -0.355 e. The van der Waals surface area contributed by atoms with Gasteiger partial charge in [0.05, 0.1) is 5.39 Å². The van der Waals surface area contributed by atoms with Crippen molar-refractivity contribution in [2.45, 2.75) is 27.2 Å². The van der Waals surface area contributed by atoms with Gasteiger partial charge in [-0.15, -0.1) is 11.3 Å². The summed E-state index contributed by atoms with van der Waals surface area (Å²) in [6, 6.07) is 2.17. The maximum Gasteiger partial charge on any atom is 0.240 e. The summed E-state index contributed by atoms with van der Waals surface area (Å²) < 4.78 is 0. The topological polar surface area (TPSA) is 67.1 Å². The molecule has 1 fully saturated rings. The molecule has 2 aromatic rings. The lowest BCUT2D eigenvalue weighted by atomic mass is 9.93. The monoisotopic (exact) mass is 277 g/mol. The zero-order chi connectivity index (χ0) is 13.6. The molecule has 0 atom stereocenters. The fourth-order valence-corrected chi connectivity index (χ4v) is 3.50. The van der Waals surface area contributed by atoms with Crippen LogP contribution in [0.2, 0.25) is 0 Å². The molecule has 3 rings (SSSR count). The zero-order valence-corrected chi connectivity index (χ0v) is 12.3. The predicted octanol–water partition coefficient (Wildman–Crippen LogP) is 2.52. The summed E-state index contributed by atoms with van der Waals surface area (Å²) in [6.07, 6.45) is 1.19. The lowest BCUT2D eigenvalue weighted by Gasteiger charge is -2.21. The Morgan fingerprint density at radius 2 is 2.21 bits per heavy atom. The van der Waals surface area contributed by atoms with E-state index >= 15 is 0 Å². The van der Waals surface area contributed by atoms with Crippen molar-refractivity contribution in [3.8, 4) is 0 Å². The minimum absolute atomic E-state index is 0.346. The summed E-state index contributed by atoms with van der Waals surface area (Å²) in [5, 5.41) is 1.14. The maximum absolute atomic E-state index is 5.48. The third kappa shape index (κ3) is 2.26. The van der Waals surface area contributed by atoms with Gasteiger partial charge in [0, 0.05) is 18.0 Å². The zero-order valence-electron chi connectivity index (χ0n) is 11.5. The number of rotatable bonds is 2. The summed E-state index contributed by atoms with van der Waals surface area (Å²) in [5.74, 6) is 6.98. The average molecular weight is 277 g/mol. The number of fused-ring (bicyclic) bond motifs is 1. The Morgan fingerprint density at radius 3 is 2.84 bits per heavy atom. The second-order valence-electron chi connectivity index (χ2n) is 5.93. The Labute approximate surface area is 116 Å². The van der Waals surface area contributed by atoms with Crippen LogP contribution >= 0.6 is 11.3 Å². The van der Waals surface area contributed by atoms with Crippen molar-refractivity contribution in [1.29, 1.82) is 0 Å². The van der Waals surface area contributed by atoms with Gasteiger partial charge in [0.2, 0.25) is 5.95 Å². The van der Waals surface area contributed by atoms with E-state index in [-0.39, 0.29) is 0 Å². The van der Waals surface area contributed by atoms with Crippen LogP contribution in [0.15, 0.2) is 6.07 Å². The molecule has 19 heavy (non-hydrogen) atoms. The number of aryl methyl sites for hydroxylation is 1. The highest BCUT2D eigenvalue weighted by molar-refractivity contribution is 7.18. The summed E-state index contributed by atoms with van der Waals surface area (Å²) >= 11 is 1.68. The van der Waals surface area contributed by atoms with Crippen molar-refractivity contribution in [3.63, 3.8) is 0 Å². The van der Waals surface area contributed by atoms with Gasteiger partial charge < -0.3 is 4.90 Å². The molecular weight excluding hydrogens is 258 g/mol. The van der Waals surface area contributed by atoms with E-state index in [1.54, 1.807) is 11.3 Å². The molecule has 1 saturated heterocycles. The smallest absolute Gasteiger partial charge is 0.240 e. The van der Waals surface area contributed by atoms with E-state index in [4.69, 9.17) is 5.84 Å². The number of nitrogens with one attached hydrogen (secondary N) is 1. The first-order valence-corrected chi connectivity index (χ1v) is 7.30. The number of nitrogen functional groups attached to an aromatic ring is 1. The van der Waals surface area contributed by atoms with Gasteiger partial charge in [-0.05, 0) is 24.8 Å². The molecule has 3 heterocycles. The number of hydrogen-bond acceptors (Lipinski definition) is 6. The van der Waals surface area contributed by atoms with Gasteiger partial charge in [0.1, 0.15) is 10.6 Å². The molecule has 102 valence electrons. The molecule has 0 unspecified atom stereocenters. The number of hydrazine groups is 1. The van der Waals surface area contributed by atoms with Gasteiger partial charge in [-0.1, -0.05) is 13.8 Å². The number of anilines is 2. The second kappa shape index (κ2) is 4.31. The summed E-state index contributed by atoms with van der Waals surface area (Å²) in [7, 11) is 0. The highest BCUT2D eigenvalue weighted by Gasteiger charge is 2.31. The first-order chi connectivity index (χ1) is 8.98. The number of hydrogen-bond donors (Lipinski definition) is 2. The normalized spacial score (nSPS) is 18.2. The van der Waals surface area contributed by atoms with Crippen LogP contribution in [0.4, 0.5) is 11.8 Å². The molecule has 5 nitrogen and oxygen atoms in total. The largest absolute Gasteiger partial charge is 0.355 e. The van der Waals surface area contributed by atoms with Crippen LogP contribution in [-0.4, -0.2) is 23.1 Å². The van der Waals surface area contributed by atoms with Crippen molar-refractivity contribution < 1.29 is 0 Å². The van der Waals surface area contributed by atoms with Gasteiger partial charge >= 0.3 is 0 Å². The van der Waals surface area contributed by atoms with Crippen molar-refractivity contribution in [1.82, 2.24) is 9.97 Å². The summed E-state index contributed by atoms with van der Waals surface area (Å²) in [5.41, 5.74) is 2.92. The van der Waals surface area contributed by atoms with Crippen LogP contribution in [-0.2, 0) is 0 Å². The first kappa shape index (κ1) is 12.6. The molecule has 0 aliphatic carbocycles. The van der Waals surface area contributed by atoms with Crippen molar-refractivity contribution in [3.05, 3.63) is 10.9 Å². The number of thiophene rings is 1. The van der Waals surface area contributed by atoms with Crippen LogP contribution < -0.4 is 16.2 Å². The lowest BCUT2D eigenvalue weighted by molar-refractivity contribution is 0.418. The molecule has 0 bridgehead atoms. The van der Waals surface area contributed by atoms with E-state index in [1.165, 1.54) is 11.3 Å². The fourth-order valence-electron chi connectivity index (χ4n) is 2.63. The minimum atomic E-state index is 0.346. The van der Waals surface area contributed by atoms with Crippen LogP contribution in [0.3, 0.4) is 0 Å². The molecule has 2 aromatic heterocycles. The van der Waals surface area contributed by atoms with Gasteiger partial charge in [0.15, 0.2) is 0 Å². The van der Waals surface area contributed by atoms with Gasteiger partial charge in [-0.2, -0.15) is 4.98 Å². The van der Waals surface area contributed by atoms with Gasteiger partial charge in [-0.3, -0.25) is 5.43 Å². The van der Waals surface area contributed by atoms with Crippen LogP contribution in [0.5, 0.6) is 0 Å². The van der Waals surface area contributed by atoms with E-state index in [0.29, 0.717) is 11.4 Å². The standard InChI is InChI=1S/C13H19N5S/c1-8-6-9-10(18-5-4-13(2,3)7-18)15-12(17-14)16-11(9)19-8/h6H,4-5,7,14H2,1-3H3,(H,15,16,17). The van der Waals surface area contributed by atoms with Crippen LogP contribution in [0.25, 0.3) is 10.2 Å². The molecule has 0 spiro atoms. The number of nitrogens with two attached hydrogens (primary N) is 1. The van der Waals surface area contributed by atoms with E-state index in [0.717, 1.165) is 29.1 Å². The van der Waals surface area contributed by atoms with Crippen LogP contribution in [0, 0.1) is 12.3 Å². The molecular formula is C13H19N5S. The molecule has 0 radical (unpaired) electrons. The van der Waals surface area contributed by atoms with Crippen molar-refractivity contribution in [2.75, 3.05) is 23.4 Å². The van der Waals surface area contributed by atoms with Crippen LogP contribution in [0.1, 0.15) is 25.1 Å². The average Bonchev–Trinajstić information content (AvgIpc) is 2.89. The summed E-state index contributed by atoms with van der Waals surface area (Å²) in [6.45, 7) is 8.76. The Balaban J connectivity index is 2.11. The van der Waals surface area contributed by atoms with Gasteiger partial charge in [-0.25, -0.2) is 10.8 Å². The quantitative estimate of drug-likeness (QED) is 0.652. The van der Waals surface area contributed by atoms with Crippen molar-refractivity contribution >= 4 is 33.3 Å². The SMILES string of the molecule is Cc1cc2c(N3CCC(C)(C)C3)nc(NN)nc2s1. The molecule has 0 aromatic carbocycles. The predicted molar refractivity (Wildman–Crippen MR) is 80.6 cm³/mol. The number of nitrogens with zero attached hydrogens (tertiary/aromatic N) is 3. The first-order valence-electron chi connectivity index (χ1n) is 6.48. The Hall–Kier alpha value is -1.40. The third-order valence-corrected chi connectivity index (χ3v) is 4.55. The van der Waals surface area contributed by atoms with Gasteiger partial charge in [0.25, 0.3) is 0 Å². The highest BCUT2D eigenvalue weighted by atomic mass is 32.1.